The Hall–Kier alpha value is -1.91. The second-order valence-electron chi connectivity index (χ2n) is 6.70. The summed E-state index contributed by atoms with van der Waals surface area (Å²) in [6.45, 7) is 4.76. The van der Waals surface area contributed by atoms with Crippen molar-refractivity contribution in [2.75, 3.05) is 19.6 Å². The lowest BCUT2D eigenvalue weighted by atomic mass is 10.1. The number of morpholine rings is 1. The first kappa shape index (κ1) is 18.9. The number of sulfonamides is 1. The van der Waals surface area contributed by atoms with Gasteiger partial charge in [-0.2, -0.15) is 4.31 Å². The minimum absolute atomic E-state index is 0.114. The largest absolute Gasteiger partial charge is 0.475 e. The Labute approximate surface area is 151 Å². The van der Waals surface area contributed by atoms with E-state index in [4.69, 9.17) is 14.3 Å². The molecule has 0 bridgehead atoms. The van der Waals surface area contributed by atoms with Gasteiger partial charge in [0.05, 0.1) is 12.2 Å². The fraction of sp³-hybridized carbons (Fsp3) is 0.625. The van der Waals surface area contributed by atoms with Crippen LogP contribution in [0.1, 0.15) is 37.2 Å². The molecule has 3 rings (SSSR count). The van der Waals surface area contributed by atoms with Crippen LogP contribution in [0.5, 0.6) is 0 Å². The predicted octanol–water partition coefficient (Wildman–Crippen LogP) is 0.767. The lowest BCUT2D eigenvalue weighted by Crippen LogP contribution is -2.54. The van der Waals surface area contributed by atoms with Crippen LogP contribution in [0.2, 0.25) is 0 Å². The Bertz CT molecular complexity index is 793. The molecular formula is C16H22N2O7S. The molecule has 3 atom stereocenters. The Morgan fingerprint density at radius 2 is 1.85 bits per heavy atom. The molecule has 10 heteroatoms. The van der Waals surface area contributed by atoms with E-state index in [1.807, 2.05) is 13.8 Å². The molecule has 144 valence electrons. The van der Waals surface area contributed by atoms with Gasteiger partial charge in [-0.25, -0.2) is 13.2 Å². The average Bonchev–Trinajstić information content (AvgIpc) is 3.23. The summed E-state index contributed by atoms with van der Waals surface area (Å²) in [5.41, 5.74) is 0. The second-order valence-corrected chi connectivity index (χ2v) is 8.52. The highest BCUT2D eigenvalue weighted by Gasteiger charge is 2.43. The van der Waals surface area contributed by atoms with E-state index in [2.05, 4.69) is 0 Å². The van der Waals surface area contributed by atoms with Gasteiger partial charge in [-0.15, -0.1) is 0 Å². The summed E-state index contributed by atoms with van der Waals surface area (Å²) in [6.07, 6.45) is 0.747. The highest BCUT2D eigenvalue weighted by molar-refractivity contribution is 7.89. The van der Waals surface area contributed by atoms with Gasteiger partial charge in [-0.05, 0) is 38.8 Å². The van der Waals surface area contributed by atoms with Gasteiger partial charge in [0.1, 0.15) is 6.04 Å². The Kier molecular flexibility index (Phi) is 5.09. The van der Waals surface area contributed by atoms with Crippen LogP contribution < -0.4 is 0 Å². The van der Waals surface area contributed by atoms with E-state index < -0.39 is 32.9 Å². The number of hydrogen-bond donors (Lipinski definition) is 1. The van der Waals surface area contributed by atoms with E-state index in [1.165, 1.54) is 0 Å². The quantitative estimate of drug-likeness (QED) is 0.812. The number of hydrogen-bond acceptors (Lipinski definition) is 6. The second kappa shape index (κ2) is 7.01. The van der Waals surface area contributed by atoms with E-state index in [0.717, 1.165) is 16.4 Å². The number of rotatable bonds is 4. The van der Waals surface area contributed by atoms with Crippen molar-refractivity contribution in [3.63, 3.8) is 0 Å². The molecule has 2 aliphatic heterocycles. The SMILES string of the molecule is CC1CN(C(=O)C2CCCN2S(=O)(=O)c2ccc(C(=O)O)o2)CC(C)O1. The van der Waals surface area contributed by atoms with E-state index >= 15 is 0 Å². The van der Waals surface area contributed by atoms with Crippen molar-refractivity contribution >= 4 is 21.9 Å². The van der Waals surface area contributed by atoms with Gasteiger partial charge in [0.15, 0.2) is 0 Å². The molecule has 3 heterocycles. The molecule has 9 nitrogen and oxygen atoms in total. The lowest BCUT2D eigenvalue weighted by Gasteiger charge is -2.37. The highest BCUT2D eigenvalue weighted by Crippen LogP contribution is 2.29. The minimum atomic E-state index is -4.09. The number of aromatic carboxylic acids is 1. The maximum Gasteiger partial charge on any atom is 0.371 e. The topological polar surface area (TPSA) is 117 Å². The summed E-state index contributed by atoms with van der Waals surface area (Å²) in [5, 5.41) is 8.45. The third-order valence-corrected chi connectivity index (χ3v) is 6.36. The molecule has 0 spiro atoms. The van der Waals surface area contributed by atoms with Crippen LogP contribution in [0.3, 0.4) is 0 Å². The van der Waals surface area contributed by atoms with Crippen LogP contribution in [0.25, 0.3) is 0 Å². The van der Waals surface area contributed by atoms with E-state index in [0.29, 0.717) is 25.9 Å². The van der Waals surface area contributed by atoms with Gasteiger partial charge >= 0.3 is 5.97 Å². The Morgan fingerprint density at radius 1 is 1.19 bits per heavy atom. The fourth-order valence-electron chi connectivity index (χ4n) is 3.53. The molecule has 2 fully saturated rings. The summed E-state index contributed by atoms with van der Waals surface area (Å²) in [7, 11) is -4.09. The first-order valence-electron chi connectivity index (χ1n) is 8.49. The number of carboxylic acid groups (broad SMARTS) is 1. The zero-order chi connectivity index (χ0) is 19.1. The standard InChI is InChI=1S/C16H22N2O7S/c1-10-8-17(9-11(2)24-10)15(19)12-4-3-7-18(12)26(22,23)14-6-5-13(25-14)16(20)21/h5-6,10-12H,3-4,7-9H2,1-2H3,(H,20,21). The third-order valence-electron chi connectivity index (χ3n) is 4.58. The molecule has 2 saturated heterocycles. The Balaban J connectivity index is 1.82. The number of amides is 1. The molecule has 3 unspecified atom stereocenters. The molecule has 0 aromatic carbocycles. The van der Waals surface area contributed by atoms with Gasteiger partial charge in [-0.3, -0.25) is 4.79 Å². The van der Waals surface area contributed by atoms with Crippen LogP contribution in [0.15, 0.2) is 21.6 Å². The number of ether oxygens (including phenoxy) is 1. The number of nitrogens with zero attached hydrogens (tertiary/aromatic N) is 2. The minimum Gasteiger partial charge on any atom is -0.475 e. The fourth-order valence-corrected chi connectivity index (χ4v) is 5.10. The summed E-state index contributed by atoms with van der Waals surface area (Å²) in [5.74, 6) is -2.06. The summed E-state index contributed by atoms with van der Waals surface area (Å²) < 4.78 is 37.4. The summed E-state index contributed by atoms with van der Waals surface area (Å²) in [4.78, 5) is 25.5. The molecule has 2 aliphatic rings. The highest BCUT2D eigenvalue weighted by atomic mass is 32.2. The van der Waals surface area contributed by atoms with E-state index in [9.17, 15) is 18.0 Å². The number of carboxylic acids is 1. The monoisotopic (exact) mass is 386 g/mol. The predicted molar refractivity (Wildman–Crippen MR) is 89.2 cm³/mol. The number of carbonyl (C=O) groups excluding carboxylic acids is 1. The zero-order valence-electron chi connectivity index (χ0n) is 14.6. The van der Waals surface area contributed by atoms with Crippen molar-refractivity contribution in [3.8, 4) is 0 Å². The van der Waals surface area contributed by atoms with Gasteiger partial charge < -0.3 is 19.2 Å². The summed E-state index contributed by atoms with van der Waals surface area (Å²) in [6, 6.07) is 1.39. The van der Waals surface area contributed by atoms with Crippen LogP contribution in [0.4, 0.5) is 0 Å². The van der Waals surface area contributed by atoms with Crippen molar-refractivity contribution in [2.24, 2.45) is 0 Å². The van der Waals surface area contributed by atoms with Gasteiger partial charge in [0, 0.05) is 19.6 Å². The molecular weight excluding hydrogens is 364 g/mol. The molecule has 1 amide bonds. The molecule has 1 aromatic heterocycles. The van der Waals surface area contributed by atoms with E-state index in [1.54, 1.807) is 4.90 Å². The van der Waals surface area contributed by atoms with Crippen molar-refractivity contribution < 1.29 is 32.3 Å². The van der Waals surface area contributed by atoms with Gasteiger partial charge in [0.25, 0.3) is 10.0 Å². The molecule has 0 saturated carbocycles. The molecule has 0 aliphatic carbocycles. The normalized spacial score (nSPS) is 27.6. The Morgan fingerprint density at radius 3 is 2.42 bits per heavy atom. The first-order valence-corrected chi connectivity index (χ1v) is 9.93. The third kappa shape index (κ3) is 3.49. The van der Waals surface area contributed by atoms with Gasteiger partial charge in [0.2, 0.25) is 16.8 Å². The number of carbonyl (C=O) groups is 2. The van der Waals surface area contributed by atoms with E-state index in [-0.39, 0.29) is 24.7 Å². The van der Waals surface area contributed by atoms with Crippen LogP contribution in [-0.4, -0.2) is 72.5 Å². The molecule has 1 N–H and O–H groups in total. The van der Waals surface area contributed by atoms with Crippen molar-refractivity contribution in [1.82, 2.24) is 9.21 Å². The zero-order valence-corrected chi connectivity index (χ0v) is 15.4. The summed E-state index contributed by atoms with van der Waals surface area (Å²) >= 11 is 0. The molecule has 1 aromatic rings. The maximum absolute atomic E-state index is 12.9. The van der Waals surface area contributed by atoms with Crippen LogP contribution in [0, 0.1) is 0 Å². The van der Waals surface area contributed by atoms with Crippen LogP contribution in [-0.2, 0) is 19.6 Å². The van der Waals surface area contributed by atoms with Crippen molar-refractivity contribution in [1.29, 1.82) is 0 Å². The van der Waals surface area contributed by atoms with Crippen LogP contribution >= 0.6 is 0 Å². The lowest BCUT2D eigenvalue weighted by molar-refractivity contribution is -0.146. The first-order chi connectivity index (χ1) is 12.2. The van der Waals surface area contributed by atoms with Gasteiger partial charge in [-0.1, -0.05) is 0 Å². The molecule has 0 radical (unpaired) electrons. The molecule has 26 heavy (non-hydrogen) atoms. The van der Waals surface area contributed by atoms with Crippen molar-refractivity contribution in [2.45, 2.75) is 50.0 Å². The number of furan rings is 1. The maximum atomic E-state index is 12.9. The average molecular weight is 386 g/mol. The van der Waals surface area contributed by atoms with Crippen molar-refractivity contribution in [3.05, 3.63) is 17.9 Å². The smallest absolute Gasteiger partial charge is 0.371 e.